The van der Waals surface area contributed by atoms with Gasteiger partial charge >= 0.3 is 0 Å². The molecule has 0 saturated heterocycles. The van der Waals surface area contributed by atoms with E-state index in [2.05, 4.69) is 10.6 Å². The normalized spacial score (nSPS) is 16.1. The average Bonchev–Trinajstić information content (AvgIpc) is 2.94. The number of nitrogens with zero attached hydrogens (tertiary/aromatic N) is 2. The van der Waals surface area contributed by atoms with Crippen molar-refractivity contribution in [1.29, 1.82) is 0 Å². The monoisotopic (exact) mass is 443 g/mol. The maximum atomic E-state index is 12.8. The van der Waals surface area contributed by atoms with E-state index in [1.807, 2.05) is 91.9 Å². The van der Waals surface area contributed by atoms with Crippen molar-refractivity contribution < 1.29 is 4.79 Å². The third-order valence-electron chi connectivity index (χ3n) is 4.99. The lowest BCUT2D eigenvalue weighted by molar-refractivity contribution is -0.117. The molecule has 4 rings (SSSR count). The number of aliphatic imine (C=N–C) groups is 2. The summed E-state index contributed by atoms with van der Waals surface area (Å²) >= 11 is 1.33. The van der Waals surface area contributed by atoms with E-state index in [4.69, 9.17) is 15.7 Å². The summed E-state index contributed by atoms with van der Waals surface area (Å²) in [5, 5.41) is 6.20. The Morgan fingerprint density at radius 3 is 2.22 bits per heavy atom. The summed E-state index contributed by atoms with van der Waals surface area (Å²) in [6, 6.07) is 27.3. The summed E-state index contributed by atoms with van der Waals surface area (Å²) in [5.74, 6) is 0.359. The SMILES string of the molecule is CC1=Nc2ccccc2N=C(NC(=O)CSC(N)Nc2ccccc2)C1c1ccccc1. The third kappa shape index (κ3) is 5.43. The van der Waals surface area contributed by atoms with Crippen molar-refractivity contribution in [2.75, 3.05) is 11.1 Å². The van der Waals surface area contributed by atoms with Crippen LogP contribution in [0.3, 0.4) is 0 Å². The Hall–Kier alpha value is -3.42. The smallest absolute Gasteiger partial charge is 0.235 e. The minimum atomic E-state index is -0.409. The van der Waals surface area contributed by atoms with Crippen LogP contribution in [0.5, 0.6) is 0 Å². The number of fused-ring (bicyclic) bond motifs is 1. The van der Waals surface area contributed by atoms with E-state index in [0.29, 0.717) is 5.84 Å². The van der Waals surface area contributed by atoms with Crippen molar-refractivity contribution in [2.24, 2.45) is 15.7 Å². The van der Waals surface area contributed by atoms with Gasteiger partial charge in [-0.15, -0.1) is 11.8 Å². The molecular formula is C25H25N5OS. The van der Waals surface area contributed by atoms with E-state index in [9.17, 15) is 4.79 Å². The molecule has 0 spiro atoms. The number of para-hydroxylation sites is 3. The maximum absolute atomic E-state index is 12.8. The molecule has 1 aliphatic heterocycles. The fraction of sp³-hybridized carbons (Fsp3) is 0.160. The van der Waals surface area contributed by atoms with E-state index >= 15 is 0 Å². The second-order valence-corrected chi connectivity index (χ2v) is 8.50. The first-order valence-corrected chi connectivity index (χ1v) is 11.4. The summed E-state index contributed by atoms with van der Waals surface area (Å²) in [7, 11) is 0. The van der Waals surface area contributed by atoms with Gasteiger partial charge in [0, 0.05) is 11.4 Å². The van der Waals surface area contributed by atoms with E-state index in [1.165, 1.54) is 11.8 Å². The molecule has 4 N–H and O–H groups in total. The molecule has 1 heterocycles. The largest absolute Gasteiger partial charge is 0.361 e. The van der Waals surface area contributed by atoms with Gasteiger partial charge in [0.15, 0.2) is 0 Å². The van der Waals surface area contributed by atoms with Gasteiger partial charge in [0.05, 0.1) is 23.0 Å². The Balaban J connectivity index is 1.51. The highest BCUT2D eigenvalue weighted by atomic mass is 32.2. The molecule has 3 aromatic rings. The van der Waals surface area contributed by atoms with Crippen LogP contribution in [0.4, 0.5) is 17.1 Å². The zero-order valence-corrected chi connectivity index (χ0v) is 18.5. The molecule has 32 heavy (non-hydrogen) atoms. The fourth-order valence-corrected chi connectivity index (χ4v) is 4.15. The number of rotatable bonds is 6. The predicted octanol–water partition coefficient (Wildman–Crippen LogP) is 4.81. The molecule has 0 saturated carbocycles. The second kappa shape index (κ2) is 10.3. The molecule has 1 aliphatic rings. The van der Waals surface area contributed by atoms with Crippen LogP contribution >= 0.6 is 11.8 Å². The molecule has 0 fully saturated rings. The maximum Gasteiger partial charge on any atom is 0.235 e. The molecule has 0 aliphatic carbocycles. The fourth-order valence-electron chi connectivity index (χ4n) is 3.53. The van der Waals surface area contributed by atoms with Gasteiger partial charge in [0.1, 0.15) is 11.3 Å². The van der Waals surface area contributed by atoms with Gasteiger partial charge in [-0.3, -0.25) is 9.79 Å². The van der Waals surface area contributed by atoms with Crippen molar-refractivity contribution in [3.63, 3.8) is 0 Å². The van der Waals surface area contributed by atoms with Crippen LogP contribution < -0.4 is 16.4 Å². The molecule has 0 bridgehead atoms. The number of carbonyl (C=O) groups excluding carboxylic acids is 1. The highest BCUT2D eigenvalue weighted by molar-refractivity contribution is 8.00. The highest BCUT2D eigenvalue weighted by Gasteiger charge is 2.26. The van der Waals surface area contributed by atoms with Crippen molar-refractivity contribution in [1.82, 2.24) is 5.32 Å². The number of thioether (sulfide) groups is 1. The van der Waals surface area contributed by atoms with Crippen LogP contribution in [0.2, 0.25) is 0 Å². The lowest BCUT2D eigenvalue weighted by atomic mass is 9.93. The van der Waals surface area contributed by atoms with Crippen LogP contribution in [-0.2, 0) is 4.79 Å². The summed E-state index contributed by atoms with van der Waals surface area (Å²) in [5.41, 5.74) is 10.1. The first-order valence-electron chi connectivity index (χ1n) is 10.4. The molecule has 6 nitrogen and oxygen atoms in total. The van der Waals surface area contributed by atoms with Gasteiger partial charge < -0.3 is 16.4 Å². The number of nitrogens with two attached hydrogens (primary N) is 1. The molecular weight excluding hydrogens is 418 g/mol. The zero-order valence-electron chi connectivity index (χ0n) is 17.7. The zero-order chi connectivity index (χ0) is 22.3. The van der Waals surface area contributed by atoms with Crippen molar-refractivity contribution >= 4 is 46.3 Å². The lowest BCUT2D eigenvalue weighted by Gasteiger charge is -2.20. The summed E-state index contributed by atoms with van der Waals surface area (Å²) in [6.45, 7) is 1.97. The van der Waals surface area contributed by atoms with Crippen molar-refractivity contribution in [2.45, 2.75) is 18.3 Å². The quantitative estimate of drug-likeness (QED) is 0.477. The number of nitrogens with one attached hydrogen (secondary N) is 2. The minimum Gasteiger partial charge on any atom is -0.361 e. The second-order valence-electron chi connectivity index (χ2n) is 7.37. The number of amides is 1. The molecule has 0 aromatic heterocycles. The van der Waals surface area contributed by atoms with E-state index in [-0.39, 0.29) is 17.6 Å². The topological polar surface area (TPSA) is 91.9 Å². The summed E-state index contributed by atoms with van der Waals surface area (Å²) < 4.78 is 0. The number of hydrogen-bond acceptors (Lipinski definition) is 6. The summed E-state index contributed by atoms with van der Waals surface area (Å²) in [4.78, 5) is 22.4. The van der Waals surface area contributed by atoms with Gasteiger partial charge in [0.25, 0.3) is 0 Å². The Morgan fingerprint density at radius 2 is 1.53 bits per heavy atom. The summed E-state index contributed by atoms with van der Waals surface area (Å²) in [6.07, 6.45) is 0. The van der Waals surface area contributed by atoms with Crippen LogP contribution in [0.15, 0.2) is 94.9 Å². The average molecular weight is 444 g/mol. The molecule has 3 aromatic carbocycles. The third-order valence-corrected chi connectivity index (χ3v) is 5.89. The molecule has 0 radical (unpaired) electrons. The number of carbonyl (C=O) groups is 1. The van der Waals surface area contributed by atoms with Gasteiger partial charge in [-0.1, -0.05) is 60.7 Å². The Morgan fingerprint density at radius 1 is 0.938 bits per heavy atom. The molecule has 2 atom stereocenters. The van der Waals surface area contributed by atoms with E-state index < -0.39 is 5.50 Å². The molecule has 2 unspecified atom stereocenters. The highest BCUT2D eigenvalue weighted by Crippen LogP contribution is 2.34. The number of amidine groups is 1. The first-order chi connectivity index (χ1) is 15.6. The Bertz CT molecular complexity index is 1130. The van der Waals surface area contributed by atoms with Gasteiger partial charge in [-0.25, -0.2) is 4.99 Å². The Kier molecular flexibility index (Phi) is 6.99. The van der Waals surface area contributed by atoms with Gasteiger partial charge in [-0.2, -0.15) is 0 Å². The predicted molar refractivity (Wildman–Crippen MR) is 134 cm³/mol. The van der Waals surface area contributed by atoms with Crippen molar-refractivity contribution in [3.05, 3.63) is 90.5 Å². The van der Waals surface area contributed by atoms with Crippen LogP contribution in [0, 0.1) is 0 Å². The van der Waals surface area contributed by atoms with Crippen LogP contribution in [-0.4, -0.2) is 28.7 Å². The first kappa shape index (κ1) is 21.8. The van der Waals surface area contributed by atoms with Crippen LogP contribution in [0.25, 0.3) is 0 Å². The molecule has 1 amide bonds. The lowest BCUT2D eigenvalue weighted by Crippen LogP contribution is -2.39. The number of hydrogen-bond donors (Lipinski definition) is 3. The molecule has 162 valence electrons. The van der Waals surface area contributed by atoms with Crippen molar-refractivity contribution in [3.8, 4) is 0 Å². The van der Waals surface area contributed by atoms with Gasteiger partial charge in [-0.05, 0) is 36.8 Å². The van der Waals surface area contributed by atoms with E-state index in [0.717, 1.165) is 28.3 Å². The van der Waals surface area contributed by atoms with E-state index in [1.54, 1.807) is 0 Å². The number of anilines is 1. The standard InChI is InChI=1S/C25H25N5OS/c1-17-23(18-10-4-2-5-11-18)24(29-21-15-9-8-14-20(21)27-17)30-22(31)16-32-25(26)28-19-12-6-3-7-13-19/h2-15,23,25,28H,16,26H2,1H3,(H,29,30,31). The molecule has 7 heteroatoms. The minimum absolute atomic E-state index is 0.160. The van der Waals surface area contributed by atoms with Gasteiger partial charge in [0.2, 0.25) is 5.91 Å². The Labute approximate surface area is 192 Å². The van der Waals surface area contributed by atoms with Crippen LogP contribution in [0.1, 0.15) is 18.4 Å². The number of benzene rings is 3.